The largest absolute Gasteiger partial charge is 0.508 e. The van der Waals surface area contributed by atoms with Crippen molar-refractivity contribution < 1.29 is 47.4 Å². The van der Waals surface area contributed by atoms with Gasteiger partial charge in [0.1, 0.15) is 11.8 Å². The summed E-state index contributed by atoms with van der Waals surface area (Å²) in [6.45, 7) is 0.963. The van der Waals surface area contributed by atoms with Crippen molar-refractivity contribution in [1.29, 1.82) is 0 Å². The van der Waals surface area contributed by atoms with Crippen molar-refractivity contribution >= 4 is 35.7 Å². The number of hydrogen-bond acceptors (Lipinski definition) is 7. The van der Waals surface area contributed by atoms with Gasteiger partial charge in [-0.25, -0.2) is 9.59 Å². The monoisotopic (exact) mass is 769 g/mol. The molecule has 296 valence electrons. The molecular weight excluding hydrogens is 723 g/mol. The molecule has 1 aliphatic carbocycles. The zero-order chi connectivity index (χ0) is 40.2. The second-order valence-corrected chi connectivity index (χ2v) is 12.6. The molecule has 4 rings (SSSR count). The Morgan fingerprint density at radius 3 is 1.89 bits per heavy atom. The third-order valence-corrected chi connectivity index (χ3v) is 8.42. The number of nitrogens with one attached hydrogen (secondary N) is 5. The summed E-state index contributed by atoms with van der Waals surface area (Å²) in [5.74, 6) is -3.96. The molecule has 0 heterocycles. The number of aliphatic carboxylic acids is 1. The van der Waals surface area contributed by atoms with Crippen LogP contribution in [0.25, 0.3) is 0 Å². The van der Waals surface area contributed by atoms with Crippen molar-refractivity contribution in [3.63, 3.8) is 0 Å². The van der Waals surface area contributed by atoms with Crippen LogP contribution in [-0.2, 0) is 25.7 Å². The molecule has 0 spiro atoms. The number of hydrogen-bond donors (Lipinski definition) is 8. The minimum Gasteiger partial charge on any atom is -0.508 e. The third-order valence-electron chi connectivity index (χ3n) is 8.42. The number of carbonyl (C=O) groups excluding carboxylic acids is 4. The molecule has 17 heteroatoms. The molecule has 14 nitrogen and oxygen atoms in total. The minimum absolute atomic E-state index is 0.0231. The van der Waals surface area contributed by atoms with Gasteiger partial charge in [-0.05, 0) is 54.5 Å². The van der Waals surface area contributed by atoms with Crippen LogP contribution in [0.1, 0.15) is 61.1 Å². The van der Waals surface area contributed by atoms with Gasteiger partial charge in [0.05, 0.1) is 5.92 Å². The van der Waals surface area contributed by atoms with Crippen molar-refractivity contribution in [1.82, 2.24) is 26.6 Å². The van der Waals surface area contributed by atoms with Crippen LogP contribution >= 0.6 is 0 Å². The highest BCUT2D eigenvalue weighted by molar-refractivity contribution is 5.95. The van der Waals surface area contributed by atoms with E-state index in [-0.39, 0.29) is 61.4 Å². The lowest BCUT2D eigenvalue weighted by atomic mass is 9.90. The standard InChI is InChI=1S/C36H45N7O5.C2HF3O2/c37-35(43-36(48)40-23-22-38-32(45)28-14-7-8-15-28)39-21-9-16-30(33(46)41-24-25-17-19-29(44)20-18-25)42-34(47)31(26-10-3-1-4-11-26)27-12-5-2-6-13-27;3-2(4,5)1(6)7/h1-6,10-13,17-20,28,30-31,44H,7-9,14-16,21-24H2,(H,38,45)(H,41,46)(H,42,47)(H4,37,39,40,43,48);(H,6,7)/t30-;/m1./s1. The van der Waals surface area contributed by atoms with Crippen LogP contribution in [0.15, 0.2) is 89.9 Å². The fraction of sp³-hybridized carbons (Fsp3) is 0.368. The van der Waals surface area contributed by atoms with Gasteiger partial charge in [-0.15, -0.1) is 0 Å². The Hall–Kier alpha value is -6.13. The highest BCUT2D eigenvalue weighted by Crippen LogP contribution is 2.26. The van der Waals surface area contributed by atoms with Gasteiger partial charge in [-0.1, -0.05) is 85.6 Å². The molecule has 0 radical (unpaired) electrons. The number of halogens is 3. The van der Waals surface area contributed by atoms with E-state index in [9.17, 15) is 37.5 Å². The topological polar surface area (TPSA) is 224 Å². The quantitative estimate of drug-likeness (QED) is 0.0646. The molecule has 3 aromatic carbocycles. The van der Waals surface area contributed by atoms with Gasteiger partial charge in [0.2, 0.25) is 17.7 Å². The van der Waals surface area contributed by atoms with Gasteiger partial charge >= 0.3 is 18.2 Å². The number of aromatic hydroxyl groups is 1. The van der Waals surface area contributed by atoms with Gasteiger partial charge in [0.15, 0.2) is 5.96 Å². The van der Waals surface area contributed by atoms with E-state index < -0.39 is 30.1 Å². The Bertz CT molecular complexity index is 1680. The Balaban J connectivity index is 0.00000106. The van der Waals surface area contributed by atoms with Crippen LogP contribution in [0, 0.1) is 5.92 Å². The van der Waals surface area contributed by atoms with E-state index in [0.717, 1.165) is 42.4 Å². The number of rotatable bonds is 15. The lowest BCUT2D eigenvalue weighted by molar-refractivity contribution is -0.192. The van der Waals surface area contributed by atoms with Gasteiger partial charge in [-0.3, -0.25) is 24.7 Å². The Morgan fingerprint density at radius 1 is 0.800 bits per heavy atom. The SMILES string of the molecule is NC(=NCCC[C@@H](NC(=O)C(c1ccccc1)c1ccccc1)C(=O)NCc1ccc(O)cc1)NC(=O)NCCNC(=O)C1CCCC1.O=C(O)C(F)(F)F. The summed E-state index contributed by atoms with van der Waals surface area (Å²) in [6, 6.07) is 23.8. The predicted molar refractivity (Wildman–Crippen MR) is 198 cm³/mol. The maximum absolute atomic E-state index is 13.8. The third kappa shape index (κ3) is 15.8. The number of carboxylic acids is 1. The molecule has 0 bridgehead atoms. The number of carbonyl (C=O) groups is 5. The minimum atomic E-state index is -5.08. The molecule has 1 aliphatic rings. The number of nitrogens with zero attached hydrogens (tertiary/aromatic N) is 1. The van der Waals surface area contributed by atoms with Crippen molar-refractivity contribution in [2.24, 2.45) is 16.6 Å². The summed E-state index contributed by atoms with van der Waals surface area (Å²) in [5.41, 5.74) is 8.28. The molecule has 1 fully saturated rings. The Kier molecular flexibility index (Phi) is 17.4. The summed E-state index contributed by atoms with van der Waals surface area (Å²) < 4.78 is 31.7. The first kappa shape index (κ1) is 43.3. The first-order valence-corrected chi connectivity index (χ1v) is 17.6. The highest BCUT2D eigenvalue weighted by Gasteiger charge is 2.38. The van der Waals surface area contributed by atoms with Crippen molar-refractivity contribution in [3.05, 3.63) is 102 Å². The maximum Gasteiger partial charge on any atom is 0.490 e. The normalized spacial score (nSPS) is 13.5. The number of urea groups is 1. The fourth-order valence-corrected chi connectivity index (χ4v) is 5.63. The van der Waals surface area contributed by atoms with Gasteiger partial charge in [0, 0.05) is 32.1 Å². The summed E-state index contributed by atoms with van der Waals surface area (Å²) >= 11 is 0. The van der Waals surface area contributed by atoms with E-state index in [1.54, 1.807) is 12.1 Å². The number of aliphatic imine (C=N–C) groups is 1. The zero-order valence-corrected chi connectivity index (χ0v) is 30.0. The van der Waals surface area contributed by atoms with E-state index in [2.05, 4.69) is 31.6 Å². The molecule has 3 aromatic rings. The first-order chi connectivity index (χ1) is 26.2. The average Bonchev–Trinajstić information content (AvgIpc) is 3.71. The molecule has 1 saturated carbocycles. The maximum atomic E-state index is 13.8. The summed E-state index contributed by atoms with van der Waals surface area (Å²) in [5, 5.41) is 30.5. The lowest BCUT2D eigenvalue weighted by Gasteiger charge is -2.23. The number of benzene rings is 3. The molecule has 0 saturated heterocycles. The first-order valence-electron chi connectivity index (χ1n) is 17.6. The van der Waals surface area contributed by atoms with Crippen molar-refractivity contribution in [3.8, 4) is 5.75 Å². The van der Waals surface area contributed by atoms with Gasteiger partial charge < -0.3 is 37.2 Å². The number of nitrogens with two attached hydrogens (primary N) is 1. The number of alkyl halides is 3. The van der Waals surface area contributed by atoms with E-state index in [1.165, 1.54) is 12.1 Å². The van der Waals surface area contributed by atoms with Crippen molar-refractivity contribution in [2.45, 2.75) is 63.2 Å². The number of carboxylic acid groups (broad SMARTS) is 1. The van der Waals surface area contributed by atoms with E-state index in [0.29, 0.717) is 13.0 Å². The molecule has 0 unspecified atom stereocenters. The van der Waals surface area contributed by atoms with Crippen molar-refractivity contribution in [2.75, 3.05) is 19.6 Å². The summed E-state index contributed by atoms with van der Waals surface area (Å²) in [6.07, 6.45) is -0.477. The van der Waals surface area contributed by atoms with Gasteiger partial charge in [0.25, 0.3) is 0 Å². The highest BCUT2D eigenvalue weighted by atomic mass is 19.4. The molecule has 5 amide bonds. The second-order valence-electron chi connectivity index (χ2n) is 12.6. The fourth-order valence-electron chi connectivity index (χ4n) is 5.63. The van der Waals surface area contributed by atoms with Crippen LogP contribution in [0.2, 0.25) is 0 Å². The number of amides is 5. The average molecular weight is 770 g/mol. The summed E-state index contributed by atoms with van der Waals surface area (Å²) in [7, 11) is 0. The van der Waals surface area contributed by atoms with E-state index in [4.69, 9.17) is 15.6 Å². The van der Waals surface area contributed by atoms with Gasteiger partial charge in [-0.2, -0.15) is 13.2 Å². The molecule has 9 N–H and O–H groups in total. The van der Waals surface area contributed by atoms with Crippen LogP contribution in [0.4, 0.5) is 18.0 Å². The molecule has 1 atom stereocenters. The number of guanidine groups is 1. The zero-order valence-electron chi connectivity index (χ0n) is 30.0. The lowest BCUT2D eigenvalue weighted by Crippen LogP contribution is -2.48. The predicted octanol–water partition coefficient (Wildman–Crippen LogP) is 3.66. The Morgan fingerprint density at radius 2 is 1.35 bits per heavy atom. The molecule has 0 aromatic heterocycles. The van der Waals surface area contributed by atoms with E-state index in [1.807, 2.05) is 60.7 Å². The van der Waals surface area contributed by atoms with Crippen LogP contribution in [0.5, 0.6) is 5.75 Å². The van der Waals surface area contributed by atoms with Crippen LogP contribution < -0.4 is 32.3 Å². The second kappa shape index (κ2) is 22.2. The molecule has 0 aliphatic heterocycles. The van der Waals surface area contributed by atoms with E-state index >= 15 is 0 Å². The van der Waals surface area contributed by atoms with Crippen LogP contribution in [0.3, 0.4) is 0 Å². The smallest absolute Gasteiger partial charge is 0.490 e. The molecular formula is C38H46F3N7O7. The molecule has 55 heavy (non-hydrogen) atoms. The number of phenolic OH excluding ortho intramolecular Hbond substituents is 1. The van der Waals surface area contributed by atoms with Crippen LogP contribution in [-0.4, -0.2) is 77.7 Å². The number of phenols is 1. The summed E-state index contributed by atoms with van der Waals surface area (Å²) in [4.78, 5) is 64.6. The Labute approximate surface area is 316 Å².